The van der Waals surface area contributed by atoms with Crippen LogP contribution in [0.1, 0.15) is 26.3 Å². The normalized spacial score (nSPS) is 11.7. The Hall–Kier alpha value is 0.270. The van der Waals surface area contributed by atoms with Crippen LogP contribution in [0.5, 0.6) is 0 Å². The SMILES string of the molecule is CCSC(SCC)(SCC)c1ccccc1. The monoisotopic (exact) mass is 272 g/mol. The number of hydrogen-bond donors (Lipinski definition) is 0. The van der Waals surface area contributed by atoms with Gasteiger partial charge in [0, 0.05) is 0 Å². The van der Waals surface area contributed by atoms with E-state index in [9.17, 15) is 0 Å². The highest BCUT2D eigenvalue weighted by Crippen LogP contribution is 2.54. The molecule has 3 heteroatoms. The Labute approximate surface area is 112 Å². The Balaban J connectivity index is 2.99. The summed E-state index contributed by atoms with van der Waals surface area (Å²) in [6.45, 7) is 6.73. The molecule has 16 heavy (non-hydrogen) atoms. The molecule has 0 aliphatic rings. The molecule has 1 aromatic carbocycles. The van der Waals surface area contributed by atoms with Crippen molar-refractivity contribution in [1.29, 1.82) is 0 Å². The van der Waals surface area contributed by atoms with Crippen molar-refractivity contribution in [1.82, 2.24) is 0 Å². The van der Waals surface area contributed by atoms with Gasteiger partial charge in [0.1, 0.15) is 3.41 Å². The van der Waals surface area contributed by atoms with Gasteiger partial charge in [0.2, 0.25) is 0 Å². The van der Waals surface area contributed by atoms with Gasteiger partial charge in [0.05, 0.1) is 0 Å². The van der Waals surface area contributed by atoms with E-state index in [4.69, 9.17) is 0 Å². The Bertz CT molecular complexity index is 267. The molecule has 90 valence electrons. The highest BCUT2D eigenvalue weighted by atomic mass is 32.3. The van der Waals surface area contributed by atoms with Crippen molar-refractivity contribution in [2.24, 2.45) is 0 Å². The zero-order chi connectivity index (χ0) is 11.9. The molecule has 0 N–H and O–H groups in total. The lowest BCUT2D eigenvalue weighted by Crippen LogP contribution is -2.14. The molecular weight excluding hydrogens is 252 g/mol. The number of rotatable bonds is 7. The van der Waals surface area contributed by atoms with Gasteiger partial charge in [-0.25, -0.2) is 0 Å². The molecule has 0 radical (unpaired) electrons. The van der Waals surface area contributed by atoms with E-state index in [1.807, 2.05) is 0 Å². The molecule has 0 aliphatic carbocycles. The van der Waals surface area contributed by atoms with Gasteiger partial charge in [-0.3, -0.25) is 0 Å². The number of benzene rings is 1. The van der Waals surface area contributed by atoms with Crippen LogP contribution >= 0.6 is 35.3 Å². The first-order valence-corrected chi connectivity index (χ1v) is 8.72. The Morgan fingerprint density at radius 1 is 0.812 bits per heavy atom. The molecule has 0 nitrogen and oxygen atoms in total. The lowest BCUT2D eigenvalue weighted by Gasteiger charge is -2.31. The van der Waals surface area contributed by atoms with E-state index in [-0.39, 0.29) is 3.41 Å². The molecule has 1 aromatic rings. The van der Waals surface area contributed by atoms with Gasteiger partial charge in [-0.05, 0) is 22.8 Å². The fourth-order valence-corrected chi connectivity index (χ4v) is 6.76. The standard InChI is InChI=1S/C13H20S3/c1-4-14-13(15-5-2,16-6-3)12-10-8-7-9-11-12/h7-11H,4-6H2,1-3H3. The van der Waals surface area contributed by atoms with Crippen LogP contribution in [0.3, 0.4) is 0 Å². The van der Waals surface area contributed by atoms with Crippen LogP contribution in [-0.2, 0) is 3.41 Å². The molecule has 0 amide bonds. The minimum Gasteiger partial charge on any atom is -0.129 e. The van der Waals surface area contributed by atoms with Crippen molar-refractivity contribution in [3.63, 3.8) is 0 Å². The van der Waals surface area contributed by atoms with Gasteiger partial charge in [0.25, 0.3) is 0 Å². The highest BCUT2D eigenvalue weighted by molar-refractivity contribution is 8.32. The lowest BCUT2D eigenvalue weighted by molar-refractivity contribution is 1.26. The second-order valence-electron chi connectivity index (χ2n) is 3.22. The molecule has 0 saturated carbocycles. The maximum atomic E-state index is 2.26. The van der Waals surface area contributed by atoms with E-state index in [1.165, 1.54) is 5.56 Å². The maximum absolute atomic E-state index is 2.26. The highest BCUT2D eigenvalue weighted by Gasteiger charge is 2.32. The summed E-state index contributed by atoms with van der Waals surface area (Å²) in [6.07, 6.45) is 0. The summed E-state index contributed by atoms with van der Waals surface area (Å²) >= 11 is 6.16. The maximum Gasteiger partial charge on any atom is 0.132 e. The van der Waals surface area contributed by atoms with Crippen LogP contribution < -0.4 is 0 Å². The molecule has 0 spiro atoms. The molecule has 0 fully saturated rings. The summed E-state index contributed by atoms with van der Waals surface area (Å²) in [5.74, 6) is 3.48. The third-order valence-corrected chi connectivity index (χ3v) is 6.96. The number of hydrogen-bond acceptors (Lipinski definition) is 3. The molecule has 0 bridgehead atoms. The lowest BCUT2D eigenvalue weighted by atomic mass is 10.2. The summed E-state index contributed by atoms with van der Waals surface area (Å²) < 4.78 is 0.194. The fourth-order valence-electron chi connectivity index (χ4n) is 1.59. The third kappa shape index (κ3) is 3.64. The van der Waals surface area contributed by atoms with Crippen molar-refractivity contribution < 1.29 is 0 Å². The first-order valence-electron chi connectivity index (χ1n) is 5.76. The second kappa shape index (κ2) is 7.57. The van der Waals surface area contributed by atoms with E-state index in [2.05, 4.69) is 86.4 Å². The van der Waals surface area contributed by atoms with Crippen molar-refractivity contribution in [3.05, 3.63) is 35.9 Å². The topological polar surface area (TPSA) is 0 Å². The van der Waals surface area contributed by atoms with Crippen LogP contribution in [0.4, 0.5) is 0 Å². The zero-order valence-electron chi connectivity index (χ0n) is 10.2. The van der Waals surface area contributed by atoms with Gasteiger partial charge < -0.3 is 0 Å². The first-order chi connectivity index (χ1) is 7.79. The van der Waals surface area contributed by atoms with Crippen LogP contribution in [0.15, 0.2) is 30.3 Å². The molecule has 0 aliphatic heterocycles. The summed E-state index contributed by atoms with van der Waals surface area (Å²) in [7, 11) is 0. The van der Waals surface area contributed by atoms with Gasteiger partial charge in [0.15, 0.2) is 0 Å². The summed E-state index contributed by atoms with van der Waals surface area (Å²) in [5.41, 5.74) is 1.44. The predicted molar refractivity (Wildman–Crippen MR) is 82.5 cm³/mol. The largest absolute Gasteiger partial charge is 0.132 e. The zero-order valence-corrected chi connectivity index (χ0v) is 12.7. The minimum absolute atomic E-state index is 0.194. The fraction of sp³-hybridized carbons (Fsp3) is 0.538. The van der Waals surface area contributed by atoms with Gasteiger partial charge in [-0.15, -0.1) is 35.3 Å². The molecule has 0 heterocycles. The van der Waals surface area contributed by atoms with Crippen LogP contribution in [0.25, 0.3) is 0 Å². The molecule has 0 aromatic heterocycles. The first kappa shape index (κ1) is 14.3. The molecule has 0 saturated heterocycles. The average Bonchev–Trinajstić information content (AvgIpc) is 2.31. The van der Waals surface area contributed by atoms with E-state index < -0.39 is 0 Å². The summed E-state index contributed by atoms with van der Waals surface area (Å²) in [4.78, 5) is 0. The third-order valence-electron chi connectivity index (χ3n) is 2.13. The van der Waals surface area contributed by atoms with Crippen LogP contribution in [-0.4, -0.2) is 17.3 Å². The van der Waals surface area contributed by atoms with Crippen molar-refractivity contribution in [3.8, 4) is 0 Å². The van der Waals surface area contributed by atoms with Crippen LogP contribution in [0.2, 0.25) is 0 Å². The van der Waals surface area contributed by atoms with E-state index in [0.29, 0.717) is 0 Å². The Kier molecular flexibility index (Phi) is 6.78. The Morgan fingerprint density at radius 3 is 1.62 bits per heavy atom. The predicted octanol–water partition coefficient (Wildman–Crippen LogP) is 5.06. The van der Waals surface area contributed by atoms with Crippen molar-refractivity contribution >= 4 is 35.3 Å². The van der Waals surface area contributed by atoms with Crippen molar-refractivity contribution in [2.75, 3.05) is 17.3 Å². The quantitative estimate of drug-likeness (QED) is 0.637. The van der Waals surface area contributed by atoms with Gasteiger partial charge in [-0.2, -0.15) is 0 Å². The molecule has 1 rings (SSSR count). The molecule has 0 unspecified atom stereocenters. The van der Waals surface area contributed by atoms with Gasteiger partial charge >= 0.3 is 0 Å². The second-order valence-corrected chi connectivity index (χ2v) is 8.43. The number of thioether (sulfide) groups is 3. The van der Waals surface area contributed by atoms with E-state index in [1.54, 1.807) is 0 Å². The van der Waals surface area contributed by atoms with E-state index >= 15 is 0 Å². The summed E-state index contributed by atoms with van der Waals surface area (Å²) in [5, 5.41) is 0. The minimum atomic E-state index is 0.194. The van der Waals surface area contributed by atoms with Gasteiger partial charge in [-0.1, -0.05) is 51.1 Å². The molecule has 0 atom stereocenters. The van der Waals surface area contributed by atoms with Crippen LogP contribution in [0, 0.1) is 0 Å². The molecular formula is C13H20S3. The summed E-state index contributed by atoms with van der Waals surface area (Å²) in [6, 6.07) is 10.9. The average molecular weight is 273 g/mol. The van der Waals surface area contributed by atoms with Crippen molar-refractivity contribution in [2.45, 2.75) is 24.2 Å². The smallest absolute Gasteiger partial charge is 0.129 e. The Morgan fingerprint density at radius 2 is 1.25 bits per heavy atom. The van der Waals surface area contributed by atoms with E-state index in [0.717, 1.165) is 17.3 Å².